The summed E-state index contributed by atoms with van der Waals surface area (Å²) in [6.45, 7) is 4.59. The predicted octanol–water partition coefficient (Wildman–Crippen LogP) is 2.56. The van der Waals surface area contributed by atoms with Crippen LogP contribution in [0.2, 0.25) is 0 Å². The van der Waals surface area contributed by atoms with E-state index >= 15 is 0 Å². The van der Waals surface area contributed by atoms with Gasteiger partial charge >= 0.3 is 0 Å². The molecule has 1 aromatic carbocycles. The molecular formula is C13H18FNO. The maximum absolute atomic E-state index is 13.2. The lowest BCUT2D eigenvalue weighted by Crippen LogP contribution is -2.26. The molecule has 0 amide bonds. The van der Waals surface area contributed by atoms with Crippen molar-refractivity contribution in [2.24, 2.45) is 11.7 Å². The van der Waals surface area contributed by atoms with Gasteiger partial charge < -0.3 is 10.5 Å². The molecule has 2 nitrogen and oxygen atoms in total. The van der Waals surface area contributed by atoms with Gasteiger partial charge in [0.1, 0.15) is 5.82 Å². The molecule has 1 saturated heterocycles. The van der Waals surface area contributed by atoms with Crippen LogP contribution in [0.1, 0.15) is 30.5 Å². The van der Waals surface area contributed by atoms with E-state index in [-0.39, 0.29) is 18.0 Å². The lowest BCUT2D eigenvalue weighted by Gasteiger charge is -2.22. The zero-order valence-electron chi connectivity index (χ0n) is 9.74. The third kappa shape index (κ3) is 2.11. The van der Waals surface area contributed by atoms with Crippen molar-refractivity contribution in [3.63, 3.8) is 0 Å². The van der Waals surface area contributed by atoms with Crippen molar-refractivity contribution < 1.29 is 9.13 Å². The second-order valence-corrected chi connectivity index (χ2v) is 4.56. The molecule has 1 aliphatic heterocycles. The molecule has 1 aromatic rings. The van der Waals surface area contributed by atoms with Crippen LogP contribution < -0.4 is 5.73 Å². The Bertz CT molecular complexity index is 380. The molecule has 0 bridgehead atoms. The Morgan fingerprint density at radius 3 is 2.81 bits per heavy atom. The van der Waals surface area contributed by atoms with E-state index < -0.39 is 0 Å². The summed E-state index contributed by atoms with van der Waals surface area (Å²) >= 11 is 0. The van der Waals surface area contributed by atoms with Crippen LogP contribution in [0.15, 0.2) is 18.2 Å². The van der Waals surface area contributed by atoms with Gasteiger partial charge in [-0.25, -0.2) is 4.39 Å². The average molecular weight is 223 g/mol. The van der Waals surface area contributed by atoms with Crippen LogP contribution in [0.3, 0.4) is 0 Å². The summed E-state index contributed by atoms with van der Waals surface area (Å²) in [6, 6.07) is 5.05. The molecule has 88 valence electrons. The molecule has 3 heteroatoms. The highest BCUT2D eigenvalue weighted by Crippen LogP contribution is 2.31. The number of nitrogens with two attached hydrogens (primary N) is 1. The summed E-state index contributed by atoms with van der Waals surface area (Å²) in [5, 5.41) is 0. The van der Waals surface area contributed by atoms with Crippen LogP contribution in [0.25, 0.3) is 0 Å². The van der Waals surface area contributed by atoms with Gasteiger partial charge in [-0.1, -0.05) is 12.1 Å². The molecule has 1 aliphatic rings. The Morgan fingerprint density at radius 2 is 2.25 bits per heavy atom. The normalized spacial score (nSPS) is 27.0. The van der Waals surface area contributed by atoms with Gasteiger partial charge in [0.2, 0.25) is 0 Å². The molecular weight excluding hydrogens is 205 g/mol. The average Bonchev–Trinajstić information content (AvgIpc) is 2.67. The van der Waals surface area contributed by atoms with Crippen LogP contribution in [0.4, 0.5) is 4.39 Å². The number of aryl methyl sites for hydroxylation is 1. The summed E-state index contributed by atoms with van der Waals surface area (Å²) in [4.78, 5) is 0. The third-order valence-electron chi connectivity index (χ3n) is 3.46. The largest absolute Gasteiger partial charge is 0.378 e. The minimum absolute atomic E-state index is 0.0585. The smallest absolute Gasteiger partial charge is 0.126 e. The van der Waals surface area contributed by atoms with Crippen LogP contribution in [0.5, 0.6) is 0 Å². The number of ether oxygens (including phenoxy) is 1. The minimum Gasteiger partial charge on any atom is -0.378 e. The summed E-state index contributed by atoms with van der Waals surface area (Å²) < 4.78 is 18.7. The van der Waals surface area contributed by atoms with E-state index in [1.807, 2.05) is 13.0 Å². The molecule has 0 radical (unpaired) electrons. The Balaban J connectivity index is 2.20. The maximum atomic E-state index is 13.2. The number of rotatable bonds is 2. The molecule has 0 saturated carbocycles. The zero-order chi connectivity index (χ0) is 11.7. The van der Waals surface area contributed by atoms with E-state index in [1.165, 1.54) is 6.07 Å². The number of hydrogen-bond donors (Lipinski definition) is 1. The maximum Gasteiger partial charge on any atom is 0.126 e. The van der Waals surface area contributed by atoms with E-state index in [1.54, 1.807) is 13.0 Å². The summed E-state index contributed by atoms with van der Waals surface area (Å²) in [5.74, 6) is 0.163. The Hall–Kier alpha value is -0.930. The fourth-order valence-corrected chi connectivity index (χ4v) is 2.34. The predicted molar refractivity (Wildman–Crippen MR) is 61.6 cm³/mol. The number of hydrogen-bond acceptors (Lipinski definition) is 2. The van der Waals surface area contributed by atoms with Crippen molar-refractivity contribution in [3.05, 3.63) is 35.1 Å². The zero-order valence-corrected chi connectivity index (χ0v) is 9.74. The van der Waals surface area contributed by atoms with Gasteiger partial charge in [0.05, 0.1) is 6.10 Å². The molecule has 16 heavy (non-hydrogen) atoms. The van der Waals surface area contributed by atoms with Crippen molar-refractivity contribution >= 4 is 0 Å². The third-order valence-corrected chi connectivity index (χ3v) is 3.46. The molecule has 2 rings (SSSR count). The van der Waals surface area contributed by atoms with Crippen LogP contribution in [-0.2, 0) is 4.74 Å². The molecule has 0 aromatic heterocycles. The first-order valence-corrected chi connectivity index (χ1v) is 5.73. The van der Waals surface area contributed by atoms with E-state index in [9.17, 15) is 4.39 Å². The van der Waals surface area contributed by atoms with Crippen molar-refractivity contribution in [1.29, 1.82) is 0 Å². The fraction of sp³-hybridized carbons (Fsp3) is 0.538. The van der Waals surface area contributed by atoms with Gasteiger partial charge in [-0.2, -0.15) is 0 Å². The van der Waals surface area contributed by atoms with Crippen LogP contribution in [-0.4, -0.2) is 12.7 Å². The highest BCUT2D eigenvalue weighted by Gasteiger charge is 2.30. The quantitative estimate of drug-likeness (QED) is 0.836. The highest BCUT2D eigenvalue weighted by molar-refractivity contribution is 5.27. The molecule has 1 fully saturated rings. The van der Waals surface area contributed by atoms with Crippen LogP contribution >= 0.6 is 0 Å². The van der Waals surface area contributed by atoms with E-state index in [0.717, 1.165) is 18.6 Å². The summed E-state index contributed by atoms with van der Waals surface area (Å²) in [6.07, 6.45) is 1.18. The van der Waals surface area contributed by atoms with Gasteiger partial charge in [0.15, 0.2) is 0 Å². The first-order chi connectivity index (χ1) is 7.59. The van der Waals surface area contributed by atoms with Gasteiger partial charge in [-0.3, -0.25) is 0 Å². The molecule has 0 aliphatic carbocycles. The van der Waals surface area contributed by atoms with Crippen molar-refractivity contribution in [2.45, 2.75) is 32.4 Å². The second kappa shape index (κ2) is 4.52. The molecule has 2 N–H and O–H groups in total. The summed E-state index contributed by atoms with van der Waals surface area (Å²) in [5.41, 5.74) is 7.86. The SMILES string of the molecule is Cc1cc(C(N)C2CCOC2C)ccc1F. The van der Waals surface area contributed by atoms with Gasteiger partial charge in [-0.05, 0) is 37.5 Å². The Kier molecular flexibility index (Phi) is 3.26. The monoisotopic (exact) mass is 223 g/mol. The van der Waals surface area contributed by atoms with Gasteiger partial charge in [-0.15, -0.1) is 0 Å². The topological polar surface area (TPSA) is 35.2 Å². The number of halogens is 1. The standard InChI is InChI=1S/C13H18FNO/c1-8-7-10(3-4-12(8)14)13(15)11-5-6-16-9(11)2/h3-4,7,9,11,13H,5-6,15H2,1-2H3. The Morgan fingerprint density at radius 1 is 1.50 bits per heavy atom. The van der Waals surface area contributed by atoms with Crippen molar-refractivity contribution in [3.8, 4) is 0 Å². The Labute approximate surface area is 95.6 Å². The van der Waals surface area contributed by atoms with E-state index in [0.29, 0.717) is 11.5 Å². The van der Waals surface area contributed by atoms with Gasteiger partial charge in [0, 0.05) is 18.6 Å². The summed E-state index contributed by atoms with van der Waals surface area (Å²) in [7, 11) is 0. The lowest BCUT2D eigenvalue weighted by atomic mass is 9.88. The van der Waals surface area contributed by atoms with Crippen LogP contribution in [0, 0.1) is 18.7 Å². The molecule has 3 unspecified atom stereocenters. The van der Waals surface area contributed by atoms with E-state index in [4.69, 9.17) is 10.5 Å². The van der Waals surface area contributed by atoms with E-state index in [2.05, 4.69) is 0 Å². The molecule has 3 atom stereocenters. The molecule has 1 heterocycles. The number of benzene rings is 1. The fourth-order valence-electron chi connectivity index (χ4n) is 2.34. The van der Waals surface area contributed by atoms with Crippen molar-refractivity contribution in [1.82, 2.24) is 0 Å². The second-order valence-electron chi connectivity index (χ2n) is 4.56. The minimum atomic E-state index is -0.174. The first-order valence-electron chi connectivity index (χ1n) is 5.73. The molecule has 0 spiro atoms. The van der Waals surface area contributed by atoms with Crippen molar-refractivity contribution in [2.75, 3.05) is 6.61 Å². The first kappa shape index (κ1) is 11.6. The van der Waals surface area contributed by atoms with Gasteiger partial charge in [0.25, 0.3) is 0 Å². The highest BCUT2D eigenvalue weighted by atomic mass is 19.1. The lowest BCUT2D eigenvalue weighted by molar-refractivity contribution is 0.0995.